The van der Waals surface area contributed by atoms with Gasteiger partial charge in [-0.05, 0) is 30.2 Å². The highest BCUT2D eigenvalue weighted by atomic mass is 32.2. The summed E-state index contributed by atoms with van der Waals surface area (Å²) in [6, 6.07) is 7.41. The summed E-state index contributed by atoms with van der Waals surface area (Å²) in [4.78, 5) is 25.2. The summed E-state index contributed by atoms with van der Waals surface area (Å²) in [7, 11) is 1.60. The lowest BCUT2D eigenvalue weighted by atomic mass is 10.2. The van der Waals surface area contributed by atoms with E-state index in [0.717, 1.165) is 11.3 Å². The third-order valence-corrected chi connectivity index (χ3v) is 4.47. The first-order valence-corrected chi connectivity index (χ1v) is 7.91. The average Bonchev–Trinajstić information content (AvgIpc) is 2.75. The fourth-order valence-electron chi connectivity index (χ4n) is 1.96. The van der Waals surface area contributed by atoms with Gasteiger partial charge in [0.1, 0.15) is 10.1 Å². The number of hydrogen-bond donors (Lipinski definition) is 1. The van der Waals surface area contributed by atoms with Gasteiger partial charge in [0.15, 0.2) is 0 Å². The Morgan fingerprint density at radius 2 is 2.09 bits per heavy atom. The van der Waals surface area contributed by atoms with Crippen LogP contribution in [0.2, 0.25) is 0 Å². The highest BCUT2D eigenvalue weighted by Crippen LogP contribution is 2.32. The fraction of sp³-hybridized carbons (Fsp3) is 0.267. The molecule has 0 aliphatic carbocycles. The first kappa shape index (κ1) is 16.5. The molecule has 0 atom stereocenters. The number of primary amides is 1. The molecule has 1 saturated heterocycles. The Labute approximate surface area is 138 Å². The number of hydrogen-bond acceptors (Lipinski definition) is 5. The van der Waals surface area contributed by atoms with Crippen molar-refractivity contribution in [2.45, 2.75) is 12.8 Å². The van der Waals surface area contributed by atoms with Crippen LogP contribution < -0.4 is 10.5 Å². The molecule has 1 aliphatic heterocycles. The molecule has 0 radical (unpaired) electrons. The summed E-state index contributed by atoms with van der Waals surface area (Å²) in [5.41, 5.74) is 6.00. The zero-order valence-electron chi connectivity index (χ0n) is 12.1. The maximum atomic E-state index is 12.3. The SMILES string of the molecule is COc1ccc(/C=C2\SC(=S)N(CCCC(N)=O)C2=O)cc1. The van der Waals surface area contributed by atoms with Crippen molar-refractivity contribution in [1.82, 2.24) is 4.90 Å². The summed E-state index contributed by atoms with van der Waals surface area (Å²) in [6.07, 6.45) is 2.55. The maximum absolute atomic E-state index is 12.3. The second-order valence-corrected chi connectivity index (χ2v) is 6.35. The number of benzene rings is 1. The molecule has 1 aromatic carbocycles. The zero-order chi connectivity index (χ0) is 16.1. The largest absolute Gasteiger partial charge is 0.497 e. The Kier molecular flexibility index (Phi) is 5.57. The van der Waals surface area contributed by atoms with Gasteiger partial charge in [-0.25, -0.2) is 0 Å². The van der Waals surface area contributed by atoms with Crippen LogP contribution in [-0.2, 0) is 9.59 Å². The summed E-state index contributed by atoms with van der Waals surface area (Å²) in [5.74, 6) is 0.255. The van der Waals surface area contributed by atoms with Crippen LogP contribution in [0.25, 0.3) is 6.08 Å². The number of thiocarbonyl (C=S) groups is 1. The second-order valence-electron chi connectivity index (χ2n) is 4.68. The molecule has 0 unspecified atom stereocenters. The van der Waals surface area contributed by atoms with Crippen LogP contribution in [0.1, 0.15) is 18.4 Å². The minimum Gasteiger partial charge on any atom is -0.497 e. The normalized spacial score (nSPS) is 16.4. The number of thioether (sulfide) groups is 1. The number of carbonyl (C=O) groups excluding carboxylic acids is 2. The van der Waals surface area contributed by atoms with E-state index in [1.807, 2.05) is 24.3 Å². The van der Waals surface area contributed by atoms with E-state index in [2.05, 4.69) is 0 Å². The molecule has 22 heavy (non-hydrogen) atoms. The van der Waals surface area contributed by atoms with Gasteiger partial charge in [-0.2, -0.15) is 0 Å². The van der Waals surface area contributed by atoms with Gasteiger partial charge in [0.05, 0.1) is 12.0 Å². The van der Waals surface area contributed by atoms with Crippen molar-refractivity contribution in [3.63, 3.8) is 0 Å². The van der Waals surface area contributed by atoms with Gasteiger partial charge in [-0.1, -0.05) is 36.1 Å². The minimum atomic E-state index is -0.376. The molecule has 116 valence electrons. The van der Waals surface area contributed by atoms with Crippen molar-refractivity contribution < 1.29 is 14.3 Å². The van der Waals surface area contributed by atoms with Crippen molar-refractivity contribution in [3.05, 3.63) is 34.7 Å². The predicted octanol–water partition coefficient (Wildman–Crippen LogP) is 2.16. The summed E-state index contributed by atoms with van der Waals surface area (Å²) in [6.45, 7) is 0.410. The average molecular weight is 336 g/mol. The number of amides is 2. The molecule has 1 aliphatic rings. The molecule has 0 saturated carbocycles. The Bertz CT molecular complexity index is 626. The van der Waals surface area contributed by atoms with Gasteiger partial charge in [0.25, 0.3) is 5.91 Å². The Morgan fingerprint density at radius 3 is 2.68 bits per heavy atom. The summed E-state index contributed by atoms with van der Waals surface area (Å²) in [5, 5.41) is 0. The van der Waals surface area contributed by atoms with E-state index in [0.29, 0.717) is 22.2 Å². The molecule has 2 N–H and O–H groups in total. The van der Waals surface area contributed by atoms with E-state index >= 15 is 0 Å². The van der Waals surface area contributed by atoms with Gasteiger partial charge in [0.2, 0.25) is 5.91 Å². The number of rotatable bonds is 6. The fourth-order valence-corrected chi connectivity index (χ4v) is 3.26. The van der Waals surface area contributed by atoms with E-state index in [1.165, 1.54) is 16.7 Å². The lowest BCUT2D eigenvalue weighted by molar-refractivity contribution is -0.123. The lowest BCUT2D eigenvalue weighted by Gasteiger charge is -2.13. The van der Waals surface area contributed by atoms with Gasteiger partial charge in [0, 0.05) is 13.0 Å². The van der Waals surface area contributed by atoms with Crippen LogP contribution in [0, 0.1) is 0 Å². The minimum absolute atomic E-state index is 0.129. The van der Waals surface area contributed by atoms with E-state index in [4.69, 9.17) is 22.7 Å². The molecule has 1 heterocycles. The van der Waals surface area contributed by atoms with Crippen LogP contribution >= 0.6 is 24.0 Å². The predicted molar refractivity (Wildman–Crippen MR) is 91.3 cm³/mol. The quantitative estimate of drug-likeness (QED) is 0.637. The topological polar surface area (TPSA) is 72.6 Å². The monoisotopic (exact) mass is 336 g/mol. The van der Waals surface area contributed by atoms with Gasteiger partial charge < -0.3 is 10.5 Å². The zero-order valence-corrected chi connectivity index (χ0v) is 13.7. The Balaban J connectivity index is 2.06. The van der Waals surface area contributed by atoms with Gasteiger partial charge >= 0.3 is 0 Å². The van der Waals surface area contributed by atoms with Gasteiger partial charge in [-0.15, -0.1) is 0 Å². The third kappa shape index (κ3) is 4.08. The third-order valence-electron chi connectivity index (χ3n) is 3.09. The van der Waals surface area contributed by atoms with Crippen molar-refractivity contribution in [2.24, 2.45) is 5.73 Å². The van der Waals surface area contributed by atoms with Crippen molar-refractivity contribution >= 4 is 46.2 Å². The number of nitrogens with zero attached hydrogens (tertiary/aromatic N) is 1. The molecule has 2 rings (SSSR count). The van der Waals surface area contributed by atoms with Crippen LogP contribution in [0.4, 0.5) is 0 Å². The highest BCUT2D eigenvalue weighted by Gasteiger charge is 2.31. The van der Waals surface area contributed by atoms with Crippen molar-refractivity contribution in [2.75, 3.05) is 13.7 Å². The molecular weight excluding hydrogens is 320 g/mol. The number of carbonyl (C=O) groups is 2. The molecule has 0 aromatic heterocycles. The number of methoxy groups -OCH3 is 1. The summed E-state index contributed by atoms with van der Waals surface area (Å²) < 4.78 is 5.61. The maximum Gasteiger partial charge on any atom is 0.266 e. The van der Waals surface area contributed by atoms with Crippen LogP contribution in [0.5, 0.6) is 5.75 Å². The second kappa shape index (κ2) is 7.42. The molecule has 0 bridgehead atoms. The van der Waals surface area contributed by atoms with Crippen LogP contribution in [-0.4, -0.2) is 34.7 Å². The summed E-state index contributed by atoms with van der Waals surface area (Å²) >= 11 is 6.49. The number of ether oxygens (including phenoxy) is 1. The molecule has 7 heteroatoms. The van der Waals surface area contributed by atoms with Crippen LogP contribution in [0.3, 0.4) is 0 Å². The van der Waals surface area contributed by atoms with Gasteiger partial charge in [-0.3, -0.25) is 14.5 Å². The van der Waals surface area contributed by atoms with E-state index in [9.17, 15) is 9.59 Å². The molecular formula is C15H16N2O3S2. The highest BCUT2D eigenvalue weighted by molar-refractivity contribution is 8.26. The van der Waals surface area contributed by atoms with E-state index in [-0.39, 0.29) is 18.2 Å². The first-order chi connectivity index (χ1) is 10.5. The van der Waals surface area contributed by atoms with Crippen LogP contribution in [0.15, 0.2) is 29.2 Å². The van der Waals surface area contributed by atoms with Crippen molar-refractivity contribution in [1.29, 1.82) is 0 Å². The molecule has 2 amide bonds. The molecule has 5 nitrogen and oxygen atoms in total. The van der Waals surface area contributed by atoms with E-state index in [1.54, 1.807) is 13.2 Å². The van der Waals surface area contributed by atoms with E-state index < -0.39 is 0 Å². The number of nitrogens with two attached hydrogens (primary N) is 1. The molecule has 1 aromatic rings. The standard InChI is InChI=1S/C15H16N2O3S2/c1-20-11-6-4-10(5-7-11)9-12-14(19)17(15(21)22-12)8-2-3-13(16)18/h4-7,9H,2-3,8H2,1H3,(H2,16,18)/b12-9-. The Hall–Kier alpha value is -1.86. The smallest absolute Gasteiger partial charge is 0.266 e. The van der Waals surface area contributed by atoms with Crippen molar-refractivity contribution in [3.8, 4) is 5.75 Å². The molecule has 1 fully saturated rings. The molecule has 0 spiro atoms. The lowest BCUT2D eigenvalue weighted by Crippen LogP contribution is -2.29. The Morgan fingerprint density at radius 1 is 1.41 bits per heavy atom. The first-order valence-electron chi connectivity index (χ1n) is 6.69.